The Morgan fingerprint density at radius 3 is 2.78 bits per heavy atom. The molecule has 2 aliphatic rings. The molecule has 0 saturated carbocycles. The van der Waals surface area contributed by atoms with Crippen molar-refractivity contribution in [1.82, 2.24) is 4.31 Å². The molecule has 6 heteroatoms. The molecule has 0 amide bonds. The van der Waals surface area contributed by atoms with Gasteiger partial charge in [0.1, 0.15) is 0 Å². The number of nitrogens with zero attached hydrogens (tertiary/aromatic N) is 1. The summed E-state index contributed by atoms with van der Waals surface area (Å²) in [5.74, 6) is 0. The quantitative estimate of drug-likeness (QED) is 0.844. The van der Waals surface area contributed by atoms with Crippen LogP contribution in [0.15, 0.2) is 29.2 Å². The summed E-state index contributed by atoms with van der Waals surface area (Å²) in [5, 5.41) is 0. The largest absolute Gasteiger partial charge is 0.384 e. The van der Waals surface area contributed by atoms with E-state index in [-0.39, 0.29) is 11.5 Å². The Morgan fingerprint density at radius 1 is 1.35 bits per heavy atom. The van der Waals surface area contributed by atoms with Crippen molar-refractivity contribution >= 4 is 10.0 Å². The molecule has 0 spiro atoms. The summed E-state index contributed by atoms with van der Waals surface area (Å²) in [7, 11) is -1.79. The van der Waals surface area contributed by atoms with E-state index in [4.69, 9.17) is 9.47 Å². The van der Waals surface area contributed by atoms with Gasteiger partial charge in [0.15, 0.2) is 0 Å². The highest BCUT2D eigenvalue weighted by Gasteiger charge is 2.48. The first-order valence-corrected chi connectivity index (χ1v) is 9.59. The second-order valence-corrected chi connectivity index (χ2v) is 8.64. The molecule has 1 aromatic carbocycles. The van der Waals surface area contributed by atoms with Crippen LogP contribution in [0.1, 0.15) is 24.8 Å². The lowest BCUT2D eigenvalue weighted by atomic mass is 9.73. The SMILES string of the molecule is COCC12CCCOC1CCN(S(=O)(=O)c1ccc(C)cc1)C2. The lowest BCUT2D eigenvalue weighted by molar-refractivity contribution is -0.137. The molecule has 128 valence electrons. The van der Waals surface area contributed by atoms with E-state index in [9.17, 15) is 8.42 Å². The molecule has 0 aromatic heterocycles. The van der Waals surface area contributed by atoms with Crippen molar-refractivity contribution in [1.29, 1.82) is 0 Å². The van der Waals surface area contributed by atoms with E-state index in [1.165, 1.54) is 0 Å². The number of sulfonamides is 1. The zero-order chi connectivity index (χ0) is 16.5. The van der Waals surface area contributed by atoms with Crippen LogP contribution < -0.4 is 0 Å². The van der Waals surface area contributed by atoms with Gasteiger partial charge < -0.3 is 9.47 Å². The highest BCUT2D eigenvalue weighted by Crippen LogP contribution is 2.41. The topological polar surface area (TPSA) is 55.8 Å². The van der Waals surface area contributed by atoms with Crippen LogP contribution in [0.3, 0.4) is 0 Å². The molecule has 2 heterocycles. The van der Waals surface area contributed by atoms with Crippen molar-refractivity contribution in [3.05, 3.63) is 29.8 Å². The van der Waals surface area contributed by atoms with Gasteiger partial charge in [0, 0.05) is 32.2 Å². The summed E-state index contributed by atoms with van der Waals surface area (Å²) in [6, 6.07) is 7.07. The lowest BCUT2D eigenvalue weighted by Gasteiger charge is -2.49. The van der Waals surface area contributed by atoms with Crippen molar-refractivity contribution in [2.24, 2.45) is 5.41 Å². The van der Waals surface area contributed by atoms with E-state index in [0.717, 1.165) is 31.4 Å². The maximum absolute atomic E-state index is 13.0. The number of hydrogen-bond donors (Lipinski definition) is 0. The number of methoxy groups -OCH3 is 1. The fourth-order valence-electron chi connectivity index (χ4n) is 3.81. The van der Waals surface area contributed by atoms with Gasteiger partial charge >= 0.3 is 0 Å². The molecule has 2 aliphatic heterocycles. The minimum Gasteiger partial charge on any atom is -0.384 e. The number of fused-ring (bicyclic) bond motifs is 1. The van der Waals surface area contributed by atoms with Gasteiger partial charge in [-0.1, -0.05) is 17.7 Å². The molecule has 5 nitrogen and oxygen atoms in total. The predicted octanol–water partition coefficient (Wildman–Crippen LogP) is 2.20. The minimum atomic E-state index is -3.46. The fourth-order valence-corrected chi connectivity index (χ4v) is 5.36. The van der Waals surface area contributed by atoms with E-state index in [0.29, 0.717) is 24.6 Å². The third-order valence-corrected chi connectivity index (χ3v) is 6.90. The Bertz CT molecular complexity index is 639. The molecule has 0 bridgehead atoms. The summed E-state index contributed by atoms with van der Waals surface area (Å²) < 4.78 is 38.9. The standard InChI is InChI=1S/C17H25NO4S/c1-14-4-6-15(7-5-14)23(19,20)18-10-8-16-17(12-18,13-21-2)9-3-11-22-16/h4-7,16H,3,8-13H2,1-2H3. The minimum absolute atomic E-state index is 0.0978. The smallest absolute Gasteiger partial charge is 0.243 e. The molecule has 2 saturated heterocycles. The third kappa shape index (κ3) is 3.18. The normalized spacial score (nSPS) is 29.2. The Balaban J connectivity index is 1.87. The summed E-state index contributed by atoms with van der Waals surface area (Å²) in [4.78, 5) is 0.367. The maximum atomic E-state index is 13.0. The summed E-state index contributed by atoms with van der Waals surface area (Å²) >= 11 is 0. The van der Waals surface area contributed by atoms with Gasteiger partial charge in [-0.05, 0) is 38.3 Å². The average molecular weight is 339 g/mol. The van der Waals surface area contributed by atoms with Crippen LogP contribution in [0.25, 0.3) is 0 Å². The number of hydrogen-bond acceptors (Lipinski definition) is 4. The number of ether oxygens (including phenoxy) is 2. The van der Waals surface area contributed by atoms with E-state index in [1.807, 2.05) is 19.1 Å². The van der Waals surface area contributed by atoms with Gasteiger partial charge in [-0.2, -0.15) is 4.31 Å². The molecule has 0 aliphatic carbocycles. The molecular weight excluding hydrogens is 314 g/mol. The zero-order valence-corrected chi connectivity index (χ0v) is 14.6. The Kier molecular flexibility index (Phi) is 4.78. The van der Waals surface area contributed by atoms with Crippen molar-refractivity contribution in [2.75, 3.05) is 33.4 Å². The summed E-state index contributed by atoms with van der Waals surface area (Å²) in [6.07, 6.45) is 2.73. The number of benzene rings is 1. The maximum Gasteiger partial charge on any atom is 0.243 e. The van der Waals surface area contributed by atoms with Crippen molar-refractivity contribution in [2.45, 2.75) is 37.2 Å². The molecule has 3 rings (SSSR count). The van der Waals surface area contributed by atoms with Crippen LogP contribution in [0.4, 0.5) is 0 Å². The van der Waals surface area contributed by atoms with E-state index >= 15 is 0 Å². The second kappa shape index (κ2) is 6.51. The first kappa shape index (κ1) is 16.9. The number of piperidine rings is 1. The average Bonchev–Trinajstić information content (AvgIpc) is 2.55. The van der Waals surface area contributed by atoms with Crippen LogP contribution in [-0.4, -0.2) is 52.2 Å². The van der Waals surface area contributed by atoms with Gasteiger partial charge in [0.05, 0.1) is 17.6 Å². The van der Waals surface area contributed by atoms with Gasteiger partial charge in [-0.3, -0.25) is 0 Å². The van der Waals surface area contributed by atoms with Crippen LogP contribution >= 0.6 is 0 Å². The summed E-state index contributed by atoms with van der Waals surface area (Å²) in [5.41, 5.74) is 0.836. The molecule has 1 aromatic rings. The van der Waals surface area contributed by atoms with Crippen LogP contribution in [-0.2, 0) is 19.5 Å². The Hall–Kier alpha value is -0.950. The molecule has 2 atom stereocenters. The monoisotopic (exact) mass is 339 g/mol. The molecular formula is C17H25NO4S. The van der Waals surface area contributed by atoms with Gasteiger partial charge in [0.2, 0.25) is 10.0 Å². The molecule has 23 heavy (non-hydrogen) atoms. The molecule has 0 radical (unpaired) electrons. The van der Waals surface area contributed by atoms with Gasteiger partial charge in [-0.15, -0.1) is 0 Å². The number of aryl methyl sites for hydroxylation is 1. The summed E-state index contributed by atoms with van der Waals surface area (Å²) in [6.45, 7) is 4.24. The molecule has 2 unspecified atom stereocenters. The second-order valence-electron chi connectivity index (χ2n) is 6.70. The first-order valence-electron chi connectivity index (χ1n) is 8.15. The van der Waals surface area contributed by atoms with E-state index in [2.05, 4.69) is 0 Å². The highest BCUT2D eigenvalue weighted by molar-refractivity contribution is 7.89. The molecule has 2 fully saturated rings. The Morgan fingerprint density at radius 2 is 2.09 bits per heavy atom. The van der Waals surface area contributed by atoms with Crippen molar-refractivity contribution in [3.63, 3.8) is 0 Å². The predicted molar refractivity (Wildman–Crippen MR) is 87.8 cm³/mol. The third-order valence-electron chi connectivity index (χ3n) is 5.04. The van der Waals surface area contributed by atoms with E-state index in [1.54, 1.807) is 23.5 Å². The lowest BCUT2D eigenvalue weighted by Crippen LogP contribution is -2.57. The highest BCUT2D eigenvalue weighted by atomic mass is 32.2. The van der Waals surface area contributed by atoms with Crippen molar-refractivity contribution < 1.29 is 17.9 Å². The van der Waals surface area contributed by atoms with Crippen LogP contribution in [0, 0.1) is 12.3 Å². The van der Waals surface area contributed by atoms with Gasteiger partial charge in [0.25, 0.3) is 0 Å². The Labute approximate surface area is 138 Å². The zero-order valence-electron chi connectivity index (χ0n) is 13.8. The first-order chi connectivity index (χ1) is 11.0. The van der Waals surface area contributed by atoms with Gasteiger partial charge in [-0.25, -0.2) is 8.42 Å². The van der Waals surface area contributed by atoms with Crippen molar-refractivity contribution in [3.8, 4) is 0 Å². The number of rotatable bonds is 4. The van der Waals surface area contributed by atoms with Crippen LogP contribution in [0.5, 0.6) is 0 Å². The van der Waals surface area contributed by atoms with E-state index < -0.39 is 10.0 Å². The molecule has 0 N–H and O–H groups in total. The fraction of sp³-hybridized carbons (Fsp3) is 0.647. The van der Waals surface area contributed by atoms with Crippen LogP contribution in [0.2, 0.25) is 0 Å².